The molecule has 1 aromatic carbocycles. The lowest BCUT2D eigenvalue weighted by atomic mass is 9.89. The van der Waals surface area contributed by atoms with E-state index in [0.717, 1.165) is 18.4 Å². The standard InChI is InChI=1S/C15H20N2O4S/c18-14(16-13(9-22)15(19)20)12-3-1-10(2-4-12)11-5-7-17(21)8-6-11/h1-4,11,13,21-22H,5-9H2,(H,16,18)(H,19,20)/t13-/m0/s1. The topological polar surface area (TPSA) is 89.9 Å². The van der Waals surface area contributed by atoms with Crippen molar-refractivity contribution in [2.24, 2.45) is 0 Å². The molecule has 1 fully saturated rings. The highest BCUT2D eigenvalue weighted by Crippen LogP contribution is 2.27. The summed E-state index contributed by atoms with van der Waals surface area (Å²) in [7, 11) is 0. The van der Waals surface area contributed by atoms with E-state index >= 15 is 0 Å². The molecule has 0 aromatic heterocycles. The van der Waals surface area contributed by atoms with Gasteiger partial charge in [-0.25, -0.2) is 4.79 Å². The Labute approximate surface area is 134 Å². The maximum Gasteiger partial charge on any atom is 0.327 e. The number of nitrogens with one attached hydrogen (secondary N) is 1. The summed E-state index contributed by atoms with van der Waals surface area (Å²) in [6.07, 6.45) is 1.76. The van der Waals surface area contributed by atoms with Gasteiger partial charge in [0.15, 0.2) is 0 Å². The van der Waals surface area contributed by atoms with Crippen molar-refractivity contribution in [3.63, 3.8) is 0 Å². The first-order valence-electron chi connectivity index (χ1n) is 7.19. The Morgan fingerprint density at radius 1 is 1.27 bits per heavy atom. The Kier molecular flexibility index (Phi) is 5.82. The Morgan fingerprint density at radius 3 is 2.36 bits per heavy atom. The third-order valence-corrected chi connectivity index (χ3v) is 4.27. The van der Waals surface area contributed by atoms with E-state index in [1.807, 2.05) is 12.1 Å². The Bertz CT molecular complexity index is 527. The minimum atomic E-state index is -1.10. The Hall–Kier alpha value is -1.57. The van der Waals surface area contributed by atoms with Gasteiger partial charge in [0.05, 0.1) is 0 Å². The lowest BCUT2D eigenvalue weighted by Crippen LogP contribution is -2.42. The van der Waals surface area contributed by atoms with E-state index in [1.54, 1.807) is 12.1 Å². The van der Waals surface area contributed by atoms with Crippen molar-refractivity contribution in [2.45, 2.75) is 24.8 Å². The second-order valence-electron chi connectivity index (χ2n) is 5.40. The van der Waals surface area contributed by atoms with Crippen molar-refractivity contribution in [1.29, 1.82) is 0 Å². The van der Waals surface area contributed by atoms with Crippen LogP contribution in [0.15, 0.2) is 24.3 Å². The monoisotopic (exact) mass is 324 g/mol. The summed E-state index contributed by atoms with van der Waals surface area (Å²) in [4.78, 5) is 22.9. The number of aliphatic carboxylic acids is 1. The lowest BCUT2D eigenvalue weighted by Gasteiger charge is -2.27. The SMILES string of the molecule is O=C(N[C@@H](CS)C(=O)O)c1ccc(C2CCN(O)CC2)cc1. The van der Waals surface area contributed by atoms with Crippen LogP contribution >= 0.6 is 12.6 Å². The second kappa shape index (κ2) is 7.62. The van der Waals surface area contributed by atoms with Crippen LogP contribution in [-0.2, 0) is 4.79 Å². The van der Waals surface area contributed by atoms with E-state index in [2.05, 4.69) is 17.9 Å². The maximum absolute atomic E-state index is 12.0. The van der Waals surface area contributed by atoms with Crippen molar-refractivity contribution < 1.29 is 19.9 Å². The lowest BCUT2D eigenvalue weighted by molar-refractivity contribution is -0.138. The summed E-state index contributed by atoms with van der Waals surface area (Å²) in [6, 6.07) is 6.19. The number of nitrogens with zero attached hydrogens (tertiary/aromatic N) is 1. The molecule has 1 heterocycles. The number of carbonyl (C=O) groups excluding carboxylic acids is 1. The second-order valence-corrected chi connectivity index (χ2v) is 5.76. The van der Waals surface area contributed by atoms with E-state index < -0.39 is 17.9 Å². The fourth-order valence-electron chi connectivity index (χ4n) is 2.53. The normalized spacial score (nSPS) is 17.9. The number of thiol groups is 1. The zero-order chi connectivity index (χ0) is 16.1. The van der Waals surface area contributed by atoms with Crippen LogP contribution in [0.5, 0.6) is 0 Å². The molecule has 1 aliphatic rings. The van der Waals surface area contributed by atoms with Crippen LogP contribution in [0.25, 0.3) is 0 Å². The third kappa shape index (κ3) is 4.22. The number of carbonyl (C=O) groups is 2. The Morgan fingerprint density at radius 2 is 1.86 bits per heavy atom. The van der Waals surface area contributed by atoms with Crippen LogP contribution in [-0.4, -0.2) is 52.1 Å². The Balaban J connectivity index is 1.99. The molecular weight excluding hydrogens is 304 g/mol. The van der Waals surface area contributed by atoms with Gasteiger partial charge in [0, 0.05) is 24.4 Å². The van der Waals surface area contributed by atoms with E-state index in [-0.39, 0.29) is 5.75 Å². The zero-order valence-electron chi connectivity index (χ0n) is 12.1. The van der Waals surface area contributed by atoms with Crippen LogP contribution in [0.3, 0.4) is 0 Å². The van der Waals surface area contributed by atoms with Gasteiger partial charge < -0.3 is 15.6 Å². The van der Waals surface area contributed by atoms with Gasteiger partial charge in [-0.2, -0.15) is 17.7 Å². The highest BCUT2D eigenvalue weighted by atomic mass is 32.1. The van der Waals surface area contributed by atoms with Crippen molar-refractivity contribution in [3.05, 3.63) is 35.4 Å². The first-order chi connectivity index (χ1) is 10.5. The van der Waals surface area contributed by atoms with Crippen LogP contribution in [0.4, 0.5) is 0 Å². The molecule has 0 unspecified atom stereocenters. The van der Waals surface area contributed by atoms with Gasteiger partial charge in [0.1, 0.15) is 6.04 Å². The molecule has 0 bridgehead atoms. The number of hydrogen-bond acceptors (Lipinski definition) is 5. The molecule has 1 atom stereocenters. The first-order valence-corrected chi connectivity index (χ1v) is 7.83. The third-order valence-electron chi connectivity index (χ3n) is 3.90. The van der Waals surface area contributed by atoms with Crippen LogP contribution < -0.4 is 5.32 Å². The molecule has 1 aliphatic heterocycles. The number of carboxylic acid groups (broad SMARTS) is 1. The summed E-state index contributed by atoms with van der Waals surface area (Å²) in [5.74, 6) is -1.10. The van der Waals surface area contributed by atoms with Crippen molar-refractivity contribution in [1.82, 2.24) is 10.4 Å². The molecule has 2 rings (SSSR count). The highest BCUT2D eigenvalue weighted by molar-refractivity contribution is 7.80. The van der Waals surface area contributed by atoms with Gasteiger partial charge >= 0.3 is 5.97 Å². The average Bonchev–Trinajstić information content (AvgIpc) is 2.53. The van der Waals surface area contributed by atoms with Gasteiger partial charge in [0.25, 0.3) is 5.91 Å². The van der Waals surface area contributed by atoms with Gasteiger partial charge in [-0.05, 0) is 36.5 Å². The number of piperidine rings is 1. The molecular formula is C15H20N2O4S. The van der Waals surface area contributed by atoms with Crippen LogP contribution in [0, 0.1) is 0 Å². The molecule has 1 amide bonds. The van der Waals surface area contributed by atoms with Crippen molar-refractivity contribution in [2.75, 3.05) is 18.8 Å². The first kappa shape index (κ1) is 16.8. The molecule has 7 heteroatoms. The van der Waals surface area contributed by atoms with Crippen LogP contribution in [0.1, 0.15) is 34.7 Å². The molecule has 22 heavy (non-hydrogen) atoms. The summed E-state index contributed by atoms with van der Waals surface area (Å²) in [5.41, 5.74) is 1.56. The summed E-state index contributed by atoms with van der Waals surface area (Å²) < 4.78 is 0. The summed E-state index contributed by atoms with van der Waals surface area (Å²) in [5, 5.41) is 22.0. The fourth-order valence-corrected chi connectivity index (χ4v) is 2.78. The number of hydrogen-bond donors (Lipinski definition) is 4. The minimum Gasteiger partial charge on any atom is -0.480 e. The molecule has 1 aromatic rings. The molecule has 6 nitrogen and oxygen atoms in total. The summed E-state index contributed by atoms with van der Waals surface area (Å²) in [6.45, 7) is 1.30. The fraction of sp³-hybridized carbons (Fsp3) is 0.467. The molecule has 3 N–H and O–H groups in total. The quantitative estimate of drug-likeness (QED) is 0.614. The number of rotatable bonds is 5. The van der Waals surface area contributed by atoms with E-state index in [1.165, 1.54) is 5.06 Å². The van der Waals surface area contributed by atoms with E-state index in [4.69, 9.17) is 5.11 Å². The molecule has 0 spiro atoms. The molecule has 1 saturated heterocycles. The van der Waals surface area contributed by atoms with Gasteiger partial charge in [-0.15, -0.1) is 0 Å². The smallest absolute Gasteiger partial charge is 0.327 e. The number of amides is 1. The van der Waals surface area contributed by atoms with Crippen molar-refractivity contribution >= 4 is 24.5 Å². The molecule has 0 saturated carbocycles. The number of hydroxylamine groups is 2. The van der Waals surface area contributed by atoms with E-state index in [0.29, 0.717) is 24.6 Å². The van der Waals surface area contributed by atoms with Gasteiger partial charge in [-0.1, -0.05) is 12.1 Å². The average molecular weight is 324 g/mol. The zero-order valence-corrected chi connectivity index (χ0v) is 13.0. The van der Waals surface area contributed by atoms with Gasteiger partial charge in [-0.3, -0.25) is 4.79 Å². The van der Waals surface area contributed by atoms with Gasteiger partial charge in [0.2, 0.25) is 0 Å². The predicted molar refractivity (Wildman–Crippen MR) is 84.5 cm³/mol. The molecule has 0 aliphatic carbocycles. The molecule has 0 radical (unpaired) electrons. The number of carboxylic acids is 1. The number of benzene rings is 1. The summed E-state index contributed by atoms with van der Waals surface area (Å²) >= 11 is 3.91. The minimum absolute atomic E-state index is 0.0406. The predicted octanol–water partition coefficient (Wildman–Crippen LogP) is 1.37. The van der Waals surface area contributed by atoms with E-state index in [9.17, 15) is 14.8 Å². The molecule has 120 valence electrons. The van der Waals surface area contributed by atoms with Crippen LogP contribution in [0.2, 0.25) is 0 Å². The maximum atomic E-state index is 12.0. The largest absolute Gasteiger partial charge is 0.480 e. The van der Waals surface area contributed by atoms with Crippen molar-refractivity contribution in [3.8, 4) is 0 Å². The highest BCUT2D eigenvalue weighted by Gasteiger charge is 2.21.